The van der Waals surface area contributed by atoms with Gasteiger partial charge in [0.15, 0.2) is 0 Å². The fourth-order valence-corrected chi connectivity index (χ4v) is 3.69. The van der Waals surface area contributed by atoms with Gasteiger partial charge < -0.3 is 10.5 Å². The smallest absolute Gasteiger partial charge is 0.239 e. The predicted octanol–water partition coefficient (Wildman–Crippen LogP) is 0.873. The van der Waals surface area contributed by atoms with Crippen molar-refractivity contribution in [2.75, 3.05) is 26.2 Å². The highest BCUT2D eigenvalue weighted by atomic mass is 16.5. The van der Waals surface area contributed by atoms with Gasteiger partial charge in [0.1, 0.15) is 5.54 Å². The Hall–Kier alpha value is -0.650. The number of piperidine rings is 1. The van der Waals surface area contributed by atoms with E-state index in [1.807, 2.05) is 6.92 Å². The minimum Gasteiger partial charge on any atom is -0.377 e. The van der Waals surface area contributed by atoms with E-state index in [1.54, 1.807) is 0 Å². The van der Waals surface area contributed by atoms with Gasteiger partial charge >= 0.3 is 0 Å². The van der Waals surface area contributed by atoms with Crippen LogP contribution in [-0.4, -0.2) is 54.7 Å². The number of carbonyl (C=O) groups excluding carboxylic acids is 1. The number of nitrogens with one attached hydrogen (secondary N) is 1. The first-order valence-electron chi connectivity index (χ1n) is 8.55. The molecule has 2 unspecified atom stereocenters. The lowest BCUT2D eigenvalue weighted by atomic mass is 9.90. The molecule has 3 aliphatic rings. The number of likely N-dealkylation sites (tertiary alicyclic amines) is 1. The number of hydrogen-bond acceptors (Lipinski definition) is 4. The zero-order valence-electron chi connectivity index (χ0n) is 13.1. The van der Waals surface area contributed by atoms with E-state index in [0.29, 0.717) is 18.1 Å². The van der Waals surface area contributed by atoms with E-state index in [1.165, 1.54) is 12.8 Å². The van der Waals surface area contributed by atoms with E-state index in [9.17, 15) is 4.79 Å². The number of carbonyl (C=O) groups is 1. The number of hydrogen-bond donors (Lipinski definition) is 2. The van der Waals surface area contributed by atoms with Gasteiger partial charge in [0.25, 0.3) is 0 Å². The minimum atomic E-state index is -0.505. The molecule has 2 saturated carbocycles. The van der Waals surface area contributed by atoms with E-state index in [2.05, 4.69) is 10.2 Å². The van der Waals surface area contributed by atoms with E-state index in [-0.39, 0.29) is 5.91 Å². The summed E-state index contributed by atoms with van der Waals surface area (Å²) in [6.45, 7) is 5.56. The van der Waals surface area contributed by atoms with Crippen LogP contribution in [0.25, 0.3) is 0 Å². The Kier molecular flexibility index (Phi) is 4.52. The first-order valence-corrected chi connectivity index (χ1v) is 8.55. The van der Waals surface area contributed by atoms with Gasteiger partial charge in [0.05, 0.1) is 6.10 Å². The minimum absolute atomic E-state index is 0.157. The van der Waals surface area contributed by atoms with Gasteiger partial charge in [-0.2, -0.15) is 0 Å². The molecule has 0 bridgehead atoms. The van der Waals surface area contributed by atoms with Crippen LogP contribution in [0.15, 0.2) is 0 Å². The first kappa shape index (κ1) is 15.3. The third-order valence-electron chi connectivity index (χ3n) is 5.09. The van der Waals surface area contributed by atoms with Gasteiger partial charge in [0, 0.05) is 25.7 Å². The van der Waals surface area contributed by atoms with Crippen molar-refractivity contribution in [2.45, 2.75) is 63.1 Å². The number of nitrogens with two attached hydrogens (primary N) is 1. The van der Waals surface area contributed by atoms with Gasteiger partial charge in [-0.3, -0.25) is 15.0 Å². The molecule has 1 amide bonds. The van der Waals surface area contributed by atoms with Crippen molar-refractivity contribution in [3.8, 4) is 0 Å². The Balaban J connectivity index is 1.66. The van der Waals surface area contributed by atoms with Crippen molar-refractivity contribution in [3.63, 3.8) is 0 Å². The van der Waals surface area contributed by atoms with Crippen LogP contribution in [0.2, 0.25) is 0 Å². The number of ether oxygens (including phenoxy) is 1. The monoisotopic (exact) mass is 295 g/mol. The molecule has 0 radical (unpaired) electrons. The van der Waals surface area contributed by atoms with Crippen LogP contribution in [0, 0.1) is 5.92 Å². The van der Waals surface area contributed by atoms with Crippen molar-refractivity contribution in [3.05, 3.63) is 0 Å². The van der Waals surface area contributed by atoms with Gasteiger partial charge in [0.2, 0.25) is 5.91 Å². The molecule has 2 atom stereocenters. The molecule has 3 N–H and O–H groups in total. The molecule has 1 heterocycles. The first-order chi connectivity index (χ1) is 10.1. The van der Waals surface area contributed by atoms with E-state index < -0.39 is 5.54 Å². The summed E-state index contributed by atoms with van der Waals surface area (Å²) in [7, 11) is 0. The molecule has 0 spiro atoms. The summed E-state index contributed by atoms with van der Waals surface area (Å²) < 4.78 is 5.78. The third-order valence-corrected chi connectivity index (χ3v) is 5.09. The molecule has 2 aliphatic carbocycles. The average Bonchev–Trinajstić information content (AvgIpc) is 3.32. The second kappa shape index (κ2) is 6.23. The predicted molar refractivity (Wildman–Crippen MR) is 81.9 cm³/mol. The van der Waals surface area contributed by atoms with Crippen LogP contribution in [-0.2, 0) is 9.53 Å². The lowest BCUT2D eigenvalue weighted by Gasteiger charge is -2.40. The summed E-state index contributed by atoms with van der Waals surface area (Å²) in [6.07, 6.45) is 7.22. The quantitative estimate of drug-likeness (QED) is 0.697. The molecule has 1 saturated heterocycles. The van der Waals surface area contributed by atoms with E-state index in [4.69, 9.17) is 10.5 Å². The van der Waals surface area contributed by atoms with Gasteiger partial charge in [-0.25, -0.2) is 0 Å². The molecule has 5 nitrogen and oxygen atoms in total. The largest absolute Gasteiger partial charge is 0.377 e. The Labute approximate surface area is 127 Å². The summed E-state index contributed by atoms with van der Waals surface area (Å²) in [4.78, 5) is 14.6. The van der Waals surface area contributed by atoms with Crippen molar-refractivity contribution in [1.29, 1.82) is 0 Å². The number of primary amides is 1. The highest BCUT2D eigenvalue weighted by Gasteiger charge is 2.52. The van der Waals surface area contributed by atoms with E-state index >= 15 is 0 Å². The normalized spacial score (nSPS) is 30.0. The van der Waals surface area contributed by atoms with Crippen LogP contribution in [0.5, 0.6) is 0 Å². The molecule has 0 aromatic heterocycles. The Morgan fingerprint density at radius 2 is 2.10 bits per heavy atom. The summed E-state index contributed by atoms with van der Waals surface area (Å²) in [5, 5.41) is 3.60. The van der Waals surface area contributed by atoms with Crippen LogP contribution >= 0.6 is 0 Å². The van der Waals surface area contributed by atoms with Crippen LogP contribution < -0.4 is 11.1 Å². The van der Waals surface area contributed by atoms with Crippen LogP contribution in [0.3, 0.4) is 0 Å². The van der Waals surface area contributed by atoms with Crippen molar-refractivity contribution in [1.82, 2.24) is 10.2 Å². The number of rotatable bonds is 8. The van der Waals surface area contributed by atoms with Crippen molar-refractivity contribution < 1.29 is 9.53 Å². The molecule has 21 heavy (non-hydrogen) atoms. The van der Waals surface area contributed by atoms with Gasteiger partial charge in [-0.15, -0.1) is 0 Å². The molecular weight excluding hydrogens is 266 g/mol. The second-order valence-corrected chi connectivity index (χ2v) is 6.98. The molecule has 5 heteroatoms. The van der Waals surface area contributed by atoms with Crippen LogP contribution in [0.1, 0.15) is 45.4 Å². The summed E-state index contributed by atoms with van der Waals surface area (Å²) in [5.41, 5.74) is 5.34. The standard InChI is InChI=1S/C16H29N3O2/c1-2-21-14-4-3-9-19(10-14)11-16(15(17)20,12-5-6-12)18-13-7-8-13/h12-14,18H,2-11H2,1H3,(H2,17,20). The number of amides is 1. The molecule has 1 aliphatic heterocycles. The van der Waals surface area contributed by atoms with Crippen molar-refractivity contribution >= 4 is 5.91 Å². The maximum Gasteiger partial charge on any atom is 0.239 e. The fraction of sp³-hybridized carbons (Fsp3) is 0.938. The zero-order chi connectivity index (χ0) is 14.9. The highest BCUT2D eigenvalue weighted by molar-refractivity contribution is 5.86. The lowest BCUT2D eigenvalue weighted by molar-refractivity contribution is -0.127. The Morgan fingerprint density at radius 3 is 2.67 bits per heavy atom. The van der Waals surface area contributed by atoms with Crippen molar-refractivity contribution in [2.24, 2.45) is 11.7 Å². The van der Waals surface area contributed by atoms with Gasteiger partial charge in [-0.1, -0.05) is 0 Å². The molecule has 0 aromatic carbocycles. The second-order valence-electron chi connectivity index (χ2n) is 6.98. The molecule has 120 valence electrons. The topological polar surface area (TPSA) is 67.6 Å². The molecule has 3 fully saturated rings. The average molecular weight is 295 g/mol. The Bertz CT molecular complexity index is 380. The van der Waals surface area contributed by atoms with Gasteiger partial charge in [-0.05, 0) is 57.9 Å². The highest BCUT2D eigenvalue weighted by Crippen LogP contribution is 2.42. The molecule has 3 rings (SSSR count). The summed E-state index contributed by atoms with van der Waals surface area (Å²) >= 11 is 0. The zero-order valence-corrected chi connectivity index (χ0v) is 13.1. The molecular formula is C16H29N3O2. The fourth-order valence-electron chi connectivity index (χ4n) is 3.69. The third kappa shape index (κ3) is 3.58. The molecule has 0 aromatic rings. The number of nitrogens with zero attached hydrogens (tertiary/aromatic N) is 1. The summed E-state index contributed by atoms with van der Waals surface area (Å²) in [5.74, 6) is 0.276. The lowest BCUT2D eigenvalue weighted by Crippen LogP contribution is -2.64. The maximum atomic E-state index is 12.2. The van der Waals surface area contributed by atoms with Crippen LogP contribution in [0.4, 0.5) is 0 Å². The Morgan fingerprint density at radius 1 is 1.33 bits per heavy atom. The maximum absolute atomic E-state index is 12.2. The van der Waals surface area contributed by atoms with E-state index in [0.717, 1.165) is 51.9 Å². The summed E-state index contributed by atoms with van der Waals surface area (Å²) in [6, 6.07) is 0.505. The SMILES string of the molecule is CCOC1CCCN(CC(NC2CC2)(C(N)=O)C2CC2)C1.